The van der Waals surface area contributed by atoms with Crippen LogP contribution in [0.25, 0.3) is 0 Å². The number of esters is 2. The molecule has 0 spiro atoms. The molecule has 2 aromatic rings. The van der Waals surface area contributed by atoms with Crippen LogP contribution in [0.15, 0.2) is 80.7 Å². The van der Waals surface area contributed by atoms with Gasteiger partial charge in [-0.25, -0.2) is 8.42 Å². The Labute approximate surface area is 324 Å². The van der Waals surface area contributed by atoms with Crippen LogP contribution in [-0.4, -0.2) is 77.5 Å². The van der Waals surface area contributed by atoms with Crippen molar-refractivity contribution in [1.29, 1.82) is 10.5 Å². The van der Waals surface area contributed by atoms with Gasteiger partial charge in [-0.05, 0) is 96.4 Å². The SMILES string of the molecule is CCOC(=O)CCC(C)(C#N)N=NC(C)(C#N)CCC(=O)OCC(F)(F)S(=O)(=O)[O-].c1ccc([S+]2CCCCC2)cc1.c1ccc([S+]2CCCCC2)cc1. The van der Waals surface area contributed by atoms with E-state index in [9.17, 15) is 41.9 Å². The Bertz CT molecular complexity index is 1610. The summed E-state index contributed by atoms with van der Waals surface area (Å²) in [6.07, 6.45) is 7.53. The molecule has 296 valence electrons. The molecule has 2 atom stereocenters. The summed E-state index contributed by atoms with van der Waals surface area (Å²) in [5.41, 5.74) is -3.11. The molecule has 0 N–H and O–H groups in total. The van der Waals surface area contributed by atoms with Crippen molar-refractivity contribution >= 4 is 43.8 Å². The number of halogens is 2. The molecule has 2 aromatic carbocycles. The van der Waals surface area contributed by atoms with Crippen molar-refractivity contribution in [3.05, 3.63) is 60.7 Å². The summed E-state index contributed by atoms with van der Waals surface area (Å²) in [5, 5.41) is 21.3. The first kappa shape index (κ1) is 46.6. The maximum Gasteiger partial charge on any atom is 0.367 e. The van der Waals surface area contributed by atoms with E-state index in [1.165, 1.54) is 75.4 Å². The Hall–Kier alpha value is -3.57. The van der Waals surface area contributed by atoms with E-state index in [4.69, 9.17) is 4.74 Å². The van der Waals surface area contributed by atoms with Crippen LogP contribution in [0.5, 0.6) is 0 Å². The molecule has 2 fully saturated rings. The number of benzene rings is 2. The van der Waals surface area contributed by atoms with Gasteiger partial charge < -0.3 is 14.0 Å². The summed E-state index contributed by atoms with van der Waals surface area (Å²) in [4.78, 5) is 26.1. The Morgan fingerprint density at radius 3 is 1.44 bits per heavy atom. The zero-order valence-corrected chi connectivity index (χ0v) is 33.7. The third-order valence-corrected chi connectivity index (χ3v) is 14.2. The second kappa shape index (κ2) is 23.4. The van der Waals surface area contributed by atoms with Gasteiger partial charge >= 0.3 is 17.2 Å². The zero-order chi connectivity index (χ0) is 40.1. The Morgan fingerprint density at radius 1 is 0.741 bits per heavy atom. The molecule has 2 unspecified atom stereocenters. The van der Waals surface area contributed by atoms with Gasteiger partial charge in [0.1, 0.15) is 23.0 Å². The molecule has 0 aromatic heterocycles. The number of nitriles is 2. The van der Waals surface area contributed by atoms with E-state index >= 15 is 0 Å². The van der Waals surface area contributed by atoms with E-state index in [0.717, 1.165) is 0 Å². The van der Waals surface area contributed by atoms with Gasteiger partial charge in [0, 0.05) is 34.6 Å². The average molecular weight is 810 g/mol. The molecule has 2 aliphatic rings. The first-order valence-corrected chi connectivity index (χ1v) is 22.5. The Morgan fingerprint density at radius 2 is 1.11 bits per heavy atom. The number of hydrogen-bond acceptors (Lipinski definition) is 11. The second-order valence-electron chi connectivity index (χ2n) is 13.1. The lowest BCUT2D eigenvalue weighted by molar-refractivity contribution is -0.150. The summed E-state index contributed by atoms with van der Waals surface area (Å²) in [6, 6.07) is 25.6. The van der Waals surface area contributed by atoms with Gasteiger partial charge in [-0.3, -0.25) is 9.59 Å². The van der Waals surface area contributed by atoms with Crippen LogP contribution < -0.4 is 0 Å². The highest BCUT2D eigenvalue weighted by atomic mass is 32.2. The smallest absolute Gasteiger partial charge is 0.367 e. The minimum atomic E-state index is -6.00. The number of nitrogens with zero attached hydrogens (tertiary/aromatic N) is 4. The molecule has 16 heteroatoms. The topological polar surface area (TPSA) is 182 Å². The molecule has 2 saturated heterocycles. The van der Waals surface area contributed by atoms with E-state index < -0.39 is 51.4 Å². The lowest BCUT2D eigenvalue weighted by Crippen LogP contribution is -2.35. The van der Waals surface area contributed by atoms with E-state index in [1.54, 1.807) is 22.8 Å². The van der Waals surface area contributed by atoms with E-state index in [2.05, 4.69) is 75.6 Å². The fraction of sp³-hybridized carbons (Fsp3) is 0.579. The number of ether oxygens (including phenoxy) is 2. The number of rotatable bonds is 14. The van der Waals surface area contributed by atoms with Gasteiger partial charge in [0.2, 0.25) is 0 Å². The lowest BCUT2D eigenvalue weighted by Gasteiger charge is -2.20. The normalized spacial score (nSPS) is 17.5. The predicted octanol–water partition coefficient (Wildman–Crippen LogP) is 7.50. The third-order valence-electron chi connectivity index (χ3n) is 8.39. The predicted molar refractivity (Wildman–Crippen MR) is 205 cm³/mol. The fourth-order valence-electron chi connectivity index (χ4n) is 5.07. The lowest BCUT2D eigenvalue weighted by atomic mass is 9.97. The fourth-order valence-corrected chi connectivity index (χ4v) is 9.92. The van der Waals surface area contributed by atoms with Crippen molar-refractivity contribution in [2.45, 2.75) is 111 Å². The number of carbonyl (C=O) groups is 2. The number of alkyl halides is 2. The standard InChI is InChI=1S/C16H22F2N4O7S.2C11H15S/c1-4-28-12(23)5-7-14(2,9-19)21-22-15(3,10-20)8-6-13(24)29-11-16(17,18)30(25,26)27;2*1-3-7-11(8-4-1)12-9-5-2-6-10-12/h4-8,11H2,1-3H3,(H,25,26,27);2*1,3-4,7-8H,2,5-6,9-10H2/q;2*+1/p-1. The maximum atomic E-state index is 13.0. The maximum absolute atomic E-state index is 13.0. The second-order valence-corrected chi connectivity index (χ2v) is 19.1. The first-order valence-electron chi connectivity index (χ1n) is 17.9. The molecule has 4 rings (SSSR count). The van der Waals surface area contributed by atoms with E-state index in [-0.39, 0.29) is 25.9 Å². The van der Waals surface area contributed by atoms with Gasteiger partial charge in [-0.15, -0.1) is 0 Å². The number of azo groups is 1. The molecular formula is C38H51F2N4O7S3+. The van der Waals surface area contributed by atoms with Crippen LogP contribution in [0, 0.1) is 22.7 Å². The van der Waals surface area contributed by atoms with Gasteiger partial charge in [0.15, 0.2) is 37.6 Å². The van der Waals surface area contributed by atoms with Crippen molar-refractivity contribution in [2.24, 2.45) is 10.2 Å². The van der Waals surface area contributed by atoms with Gasteiger partial charge in [0.05, 0.1) is 18.7 Å². The van der Waals surface area contributed by atoms with Crippen LogP contribution in [0.1, 0.15) is 85.0 Å². The highest BCUT2D eigenvalue weighted by Crippen LogP contribution is 2.26. The molecule has 0 bridgehead atoms. The molecule has 0 radical (unpaired) electrons. The molecule has 11 nitrogen and oxygen atoms in total. The van der Waals surface area contributed by atoms with Crippen molar-refractivity contribution in [2.75, 3.05) is 36.2 Å². The molecule has 54 heavy (non-hydrogen) atoms. The first-order chi connectivity index (χ1) is 25.6. The summed E-state index contributed by atoms with van der Waals surface area (Å²) in [6.45, 7) is 2.45. The summed E-state index contributed by atoms with van der Waals surface area (Å²) in [5.74, 6) is 3.90. The van der Waals surface area contributed by atoms with Crippen molar-refractivity contribution in [1.82, 2.24) is 0 Å². The van der Waals surface area contributed by atoms with Crippen molar-refractivity contribution in [3.63, 3.8) is 0 Å². The van der Waals surface area contributed by atoms with Gasteiger partial charge in [0.25, 0.3) is 0 Å². The quantitative estimate of drug-likeness (QED) is 0.0807. The Kier molecular flexibility index (Phi) is 20.2. The average Bonchev–Trinajstić information content (AvgIpc) is 3.19. The molecular weight excluding hydrogens is 759 g/mol. The number of carbonyl (C=O) groups excluding carboxylic acids is 2. The molecule has 0 saturated carbocycles. The van der Waals surface area contributed by atoms with Crippen LogP contribution >= 0.6 is 0 Å². The Balaban J connectivity index is 0.000000335. The molecule has 2 aliphatic heterocycles. The zero-order valence-electron chi connectivity index (χ0n) is 31.2. The number of hydrogen-bond donors (Lipinski definition) is 0. The van der Waals surface area contributed by atoms with Crippen LogP contribution in [-0.2, 0) is 51.0 Å². The van der Waals surface area contributed by atoms with Crippen LogP contribution in [0.4, 0.5) is 8.78 Å². The van der Waals surface area contributed by atoms with Gasteiger partial charge in [-0.2, -0.15) is 29.5 Å². The summed E-state index contributed by atoms with van der Waals surface area (Å²) < 4.78 is 65.8. The van der Waals surface area contributed by atoms with Crippen LogP contribution in [0.3, 0.4) is 0 Å². The van der Waals surface area contributed by atoms with E-state index in [1.807, 2.05) is 6.07 Å². The van der Waals surface area contributed by atoms with Gasteiger partial charge in [-0.1, -0.05) is 36.4 Å². The summed E-state index contributed by atoms with van der Waals surface area (Å²) in [7, 11) is -4.82. The van der Waals surface area contributed by atoms with Crippen molar-refractivity contribution < 1.29 is 40.8 Å². The van der Waals surface area contributed by atoms with Crippen molar-refractivity contribution in [3.8, 4) is 12.1 Å². The van der Waals surface area contributed by atoms with Crippen LogP contribution in [0.2, 0.25) is 0 Å². The minimum absolute atomic E-state index is 0.0475. The third kappa shape index (κ3) is 17.3. The molecule has 0 aliphatic carbocycles. The molecule has 0 amide bonds. The molecule has 2 heterocycles. The van der Waals surface area contributed by atoms with E-state index in [0.29, 0.717) is 21.8 Å². The minimum Gasteiger partial charge on any atom is -0.743 e. The highest BCUT2D eigenvalue weighted by Gasteiger charge is 2.39. The monoisotopic (exact) mass is 809 g/mol. The largest absolute Gasteiger partial charge is 0.743 e. The summed E-state index contributed by atoms with van der Waals surface area (Å²) >= 11 is 0. The highest BCUT2D eigenvalue weighted by molar-refractivity contribution is 7.97.